The number of nitrogens with zero attached hydrogens (tertiary/aromatic N) is 1. The van der Waals surface area contributed by atoms with Crippen LogP contribution in [0.2, 0.25) is 0 Å². The van der Waals surface area contributed by atoms with Gasteiger partial charge in [-0.05, 0) is 72.0 Å². The van der Waals surface area contributed by atoms with Crippen LogP contribution in [0.1, 0.15) is 42.0 Å². The van der Waals surface area contributed by atoms with Gasteiger partial charge < -0.3 is 24.8 Å². The molecule has 3 aromatic carbocycles. The summed E-state index contributed by atoms with van der Waals surface area (Å²) in [6, 6.07) is 17.0. The lowest BCUT2D eigenvalue weighted by atomic mass is 9.94. The number of anilines is 1. The Kier molecular flexibility index (Phi) is 5.43. The number of benzene rings is 3. The molecule has 2 amide bonds. The lowest BCUT2D eigenvalue weighted by molar-refractivity contribution is -0.118. The van der Waals surface area contributed by atoms with Crippen LogP contribution in [0, 0.1) is 0 Å². The van der Waals surface area contributed by atoms with E-state index in [9.17, 15) is 19.5 Å². The number of hydrogen-bond acceptors (Lipinski definition) is 5. The predicted molar refractivity (Wildman–Crippen MR) is 133 cm³/mol. The molecule has 0 unspecified atom stereocenters. The molecule has 1 heterocycles. The first-order valence-electron chi connectivity index (χ1n) is 11.2. The van der Waals surface area contributed by atoms with Crippen molar-refractivity contribution in [1.29, 1.82) is 0 Å². The van der Waals surface area contributed by atoms with Gasteiger partial charge in [0.1, 0.15) is 0 Å². The molecule has 0 saturated heterocycles. The first-order chi connectivity index (χ1) is 16.8. The summed E-state index contributed by atoms with van der Waals surface area (Å²) >= 11 is 0. The Morgan fingerprint density at radius 2 is 1.66 bits per heavy atom. The highest BCUT2D eigenvalue weighted by atomic mass is 16.7. The molecular weight excluding hydrogens is 448 g/mol. The molecule has 0 aromatic heterocycles. The lowest BCUT2D eigenvalue weighted by Gasteiger charge is -2.17. The van der Waals surface area contributed by atoms with Crippen LogP contribution in [-0.2, 0) is 10.2 Å². The molecule has 182 valence electrons. The Bertz CT molecular complexity index is 1350. The van der Waals surface area contributed by atoms with E-state index in [1.807, 2.05) is 18.2 Å². The number of nitrogens with one attached hydrogen (secondary N) is 1. The molecule has 0 atom stereocenters. The van der Waals surface area contributed by atoms with Gasteiger partial charge in [0, 0.05) is 28.2 Å². The summed E-state index contributed by atoms with van der Waals surface area (Å²) in [5.74, 6) is -0.0834. The molecule has 35 heavy (non-hydrogen) atoms. The van der Waals surface area contributed by atoms with E-state index in [1.165, 1.54) is 11.0 Å². The Balaban J connectivity index is 0.00000190. The highest BCUT2D eigenvalue weighted by molar-refractivity contribution is 6.03. The summed E-state index contributed by atoms with van der Waals surface area (Å²) in [6.07, 6.45) is 1.42. The van der Waals surface area contributed by atoms with Gasteiger partial charge in [-0.15, -0.1) is 0 Å². The largest absolute Gasteiger partial charge is 0.478 e. The van der Waals surface area contributed by atoms with Crippen molar-refractivity contribution in [2.75, 3.05) is 26.2 Å². The monoisotopic (exact) mass is 476 g/mol. The molecule has 1 aliphatic heterocycles. The third-order valence-corrected chi connectivity index (χ3v) is 6.47. The van der Waals surface area contributed by atoms with Crippen molar-refractivity contribution in [3.05, 3.63) is 77.4 Å². The molecule has 2 aliphatic rings. The summed E-state index contributed by atoms with van der Waals surface area (Å²) in [4.78, 5) is 38.8. The second-order valence-electron chi connectivity index (χ2n) is 8.95. The van der Waals surface area contributed by atoms with E-state index >= 15 is 0 Å². The number of fused-ring (bicyclic) bond motifs is 1. The fourth-order valence-electron chi connectivity index (χ4n) is 4.31. The summed E-state index contributed by atoms with van der Waals surface area (Å²) in [5, 5.41) is 12.7. The Labute approximate surface area is 205 Å². The van der Waals surface area contributed by atoms with Gasteiger partial charge in [0.2, 0.25) is 12.7 Å². The minimum absolute atomic E-state index is 0. The number of amides is 2. The number of hydrogen-bond donors (Lipinski definition) is 2. The molecule has 5 rings (SSSR count). The van der Waals surface area contributed by atoms with E-state index < -0.39 is 11.4 Å². The van der Waals surface area contributed by atoms with E-state index in [-0.39, 0.29) is 27.0 Å². The zero-order valence-corrected chi connectivity index (χ0v) is 19.3. The second kappa shape index (κ2) is 8.47. The number of ether oxygens (including phenoxy) is 2. The fraction of sp³-hybridized carbons (Fsp3) is 0.222. The van der Waals surface area contributed by atoms with Crippen LogP contribution < -0.4 is 14.8 Å². The summed E-state index contributed by atoms with van der Waals surface area (Å²) < 4.78 is 10.8. The third kappa shape index (κ3) is 4.07. The highest BCUT2D eigenvalue weighted by Crippen LogP contribution is 2.51. The summed E-state index contributed by atoms with van der Waals surface area (Å²) in [7, 11) is 3.34. The van der Waals surface area contributed by atoms with Crippen LogP contribution in [0.5, 0.6) is 11.5 Å². The molecule has 8 nitrogen and oxygen atoms in total. The maximum absolute atomic E-state index is 13.3. The molecular formula is C27H28N2O6. The SMILES string of the molecule is CN(C)C(=O)c1ccc(-c2cc(NC(=O)C3(c4ccc5c(c4)OCO5)CC3)ccc2C(=O)O)cc1.[HH].[HH]. The van der Waals surface area contributed by atoms with Gasteiger partial charge in [-0.2, -0.15) is 0 Å². The van der Waals surface area contributed by atoms with Crippen molar-refractivity contribution in [3.8, 4) is 22.6 Å². The van der Waals surface area contributed by atoms with Gasteiger partial charge in [0.05, 0.1) is 11.0 Å². The van der Waals surface area contributed by atoms with Crippen LogP contribution in [0.3, 0.4) is 0 Å². The molecule has 1 aliphatic carbocycles. The molecule has 0 bridgehead atoms. The Morgan fingerprint density at radius 1 is 0.943 bits per heavy atom. The lowest BCUT2D eigenvalue weighted by Crippen LogP contribution is -2.27. The Hall–Kier alpha value is -4.33. The summed E-state index contributed by atoms with van der Waals surface area (Å²) in [6.45, 7) is 0.168. The number of rotatable bonds is 6. The molecule has 1 fully saturated rings. The zero-order chi connectivity index (χ0) is 24.7. The zero-order valence-electron chi connectivity index (χ0n) is 19.3. The number of carbonyl (C=O) groups is 3. The number of carboxylic acids is 1. The number of carbonyl (C=O) groups excluding carboxylic acids is 2. The first-order valence-corrected chi connectivity index (χ1v) is 11.2. The maximum atomic E-state index is 13.3. The summed E-state index contributed by atoms with van der Waals surface area (Å²) in [5.41, 5.74) is 2.39. The van der Waals surface area contributed by atoms with Crippen LogP contribution in [0.15, 0.2) is 60.7 Å². The minimum atomic E-state index is -1.08. The van der Waals surface area contributed by atoms with Crippen molar-refractivity contribution in [2.24, 2.45) is 0 Å². The van der Waals surface area contributed by atoms with E-state index in [0.717, 1.165) is 5.56 Å². The smallest absolute Gasteiger partial charge is 0.336 e. The standard InChI is InChI=1S/C27H24N2O6.2H2/c1-29(2)24(30)17-5-3-16(4-6-17)21-14-19(8-9-20(21)25(31)32)28-26(33)27(11-12-27)18-7-10-22-23(13-18)35-15-34-22;;/h3-10,13-14H,11-12,15H2,1-2H3,(H,28,33)(H,31,32);2*1H. The van der Waals surface area contributed by atoms with Gasteiger partial charge in [-0.1, -0.05) is 18.2 Å². The van der Waals surface area contributed by atoms with E-state index in [1.54, 1.807) is 50.5 Å². The normalized spacial score (nSPS) is 14.8. The molecule has 8 heteroatoms. The van der Waals surface area contributed by atoms with Crippen molar-refractivity contribution in [2.45, 2.75) is 18.3 Å². The Morgan fingerprint density at radius 3 is 2.31 bits per heavy atom. The number of aromatic carboxylic acids is 1. The van der Waals surface area contributed by atoms with Crippen molar-refractivity contribution < 1.29 is 31.8 Å². The van der Waals surface area contributed by atoms with Gasteiger partial charge in [0.25, 0.3) is 5.91 Å². The number of carboxylic acid groups (broad SMARTS) is 1. The van der Waals surface area contributed by atoms with Gasteiger partial charge in [0.15, 0.2) is 11.5 Å². The minimum Gasteiger partial charge on any atom is -0.478 e. The van der Waals surface area contributed by atoms with E-state index in [0.29, 0.717) is 46.7 Å². The molecule has 3 aromatic rings. The molecule has 2 N–H and O–H groups in total. The van der Waals surface area contributed by atoms with Crippen LogP contribution in [-0.4, -0.2) is 48.7 Å². The molecule has 0 spiro atoms. The van der Waals surface area contributed by atoms with Crippen LogP contribution in [0.4, 0.5) is 5.69 Å². The van der Waals surface area contributed by atoms with E-state index in [2.05, 4.69) is 5.32 Å². The molecule has 1 saturated carbocycles. The van der Waals surface area contributed by atoms with Gasteiger partial charge >= 0.3 is 5.97 Å². The highest BCUT2D eigenvalue weighted by Gasteiger charge is 2.51. The second-order valence-corrected chi connectivity index (χ2v) is 8.95. The first kappa shape index (κ1) is 22.5. The van der Waals surface area contributed by atoms with Crippen molar-refractivity contribution >= 4 is 23.5 Å². The van der Waals surface area contributed by atoms with Crippen LogP contribution >= 0.6 is 0 Å². The predicted octanol–water partition coefficient (Wildman–Crippen LogP) is 4.64. The molecule has 0 radical (unpaired) electrons. The fourth-order valence-corrected chi connectivity index (χ4v) is 4.31. The van der Waals surface area contributed by atoms with Crippen LogP contribution in [0.25, 0.3) is 11.1 Å². The topological polar surface area (TPSA) is 105 Å². The van der Waals surface area contributed by atoms with Gasteiger partial charge in [-0.3, -0.25) is 9.59 Å². The van der Waals surface area contributed by atoms with Crippen molar-refractivity contribution in [3.63, 3.8) is 0 Å². The average molecular weight is 477 g/mol. The van der Waals surface area contributed by atoms with Crippen molar-refractivity contribution in [1.82, 2.24) is 4.90 Å². The third-order valence-electron chi connectivity index (χ3n) is 6.47. The van der Waals surface area contributed by atoms with E-state index in [4.69, 9.17) is 9.47 Å². The quantitative estimate of drug-likeness (QED) is 0.537. The average Bonchev–Trinajstić information content (AvgIpc) is 3.54. The maximum Gasteiger partial charge on any atom is 0.336 e. The van der Waals surface area contributed by atoms with Gasteiger partial charge in [-0.25, -0.2) is 4.79 Å².